The zero-order valence-corrected chi connectivity index (χ0v) is 13.8. The summed E-state index contributed by atoms with van der Waals surface area (Å²) in [6.45, 7) is 4.70. The van der Waals surface area contributed by atoms with Crippen LogP contribution >= 0.6 is 0 Å². The van der Waals surface area contributed by atoms with E-state index >= 15 is 0 Å². The Labute approximate surface area is 139 Å². The first kappa shape index (κ1) is 16.3. The number of aromatic nitrogens is 3. The van der Waals surface area contributed by atoms with Crippen molar-refractivity contribution < 1.29 is 9.53 Å². The van der Waals surface area contributed by atoms with Crippen LogP contribution in [0, 0.1) is 13.8 Å². The average molecular weight is 328 g/mol. The van der Waals surface area contributed by atoms with Crippen LogP contribution in [0.3, 0.4) is 0 Å². The summed E-state index contributed by atoms with van der Waals surface area (Å²) in [6.07, 6.45) is 6.72. The Morgan fingerprint density at radius 2 is 2.12 bits per heavy atom. The number of nitrogens with zero attached hydrogens (tertiary/aromatic N) is 3. The smallest absolute Gasteiger partial charge is 0.263 e. The third-order valence-corrected chi connectivity index (χ3v) is 4.06. The fourth-order valence-corrected chi connectivity index (χ4v) is 2.74. The van der Waals surface area contributed by atoms with Gasteiger partial charge in [0.2, 0.25) is 0 Å². The molecule has 1 amide bonds. The minimum Gasteiger partial charge on any atom is -0.376 e. The lowest BCUT2D eigenvalue weighted by molar-refractivity contribution is 0.0952. The van der Waals surface area contributed by atoms with E-state index in [1.165, 1.54) is 12.4 Å². The Bertz CT molecular complexity index is 792. The number of carbonyl (C=O) groups is 1. The van der Waals surface area contributed by atoms with Crippen molar-refractivity contribution in [3.8, 4) is 0 Å². The number of aryl methyl sites for hydroxylation is 2. The van der Waals surface area contributed by atoms with Crippen molar-refractivity contribution in [3.05, 3.63) is 52.0 Å². The summed E-state index contributed by atoms with van der Waals surface area (Å²) in [5.41, 5.74) is 0.917. The van der Waals surface area contributed by atoms with Gasteiger partial charge in [-0.15, -0.1) is 0 Å². The van der Waals surface area contributed by atoms with Gasteiger partial charge in [0.1, 0.15) is 11.4 Å². The van der Waals surface area contributed by atoms with E-state index in [1.54, 1.807) is 30.7 Å². The van der Waals surface area contributed by atoms with E-state index in [-0.39, 0.29) is 17.2 Å². The van der Waals surface area contributed by atoms with E-state index < -0.39 is 5.91 Å². The Kier molecular flexibility index (Phi) is 4.71. The Morgan fingerprint density at radius 3 is 2.79 bits per heavy atom. The first-order chi connectivity index (χ1) is 11.5. The highest BCUT2D eigenvalue weighted by atomic mass is 16.5. The molecule has 7 nitrogen and oxygen atoms in total. The molecule has 1 atom stereocenters. The van der Waals surface area contributed by atoms with E-state index in [0.717, 1.165) is 19.4 Å². The molecule has 2 aromatic heterocycles. The van der Waals surface area contributed by atoms with Crippen LogP contribution in [0.4, 0.5) is 5.69 Å². The summed E-state index contributed by atoms with van der Waals surface area (Å²) in [5.74, 6) is 0.162. The zero-order chi connectivity index (χ0) is 17.1. The topological polar surface area (TPSA) is 86.1 Å². The maximum absolute atomic E-state index is 12.7. The molecule has 0 aliphatic carbocycles. The Morgan fingerprint density at radius 1 is 1.38 bits per heavy atom. The fraction of sp³-hybridized carbons (Fsp3) is 0.412. The molecule has 1 N–H and O–H groups in total. The van der Waals surface area contributed by atoms with Gasteiger partial charge in [-0.25, -0.2) is 9.97 Å². The largest absolute Gasteiger partial charge is 0.376 e. The van der Waals surface area contributed by atoms with Crippen LogP contribution in [0.25, 0.3) is 0 Å². The van der Waals surface area contributed by atoms with Gasteiger partial charge in [-0.3, -0.25) is 9.59 Å². The predicted octanol–water partition coefficient (Wildman–Crippen LogP) is 1.69. The molecule has 1 saturated heterocycles. The number of carbonyl (C=O) groups excluding carboxylic acids is 1. The third kappa shape index (κ3) is 3.51. The van der Waals surface area contributed by atoms with Crippen LogP contribution in [-0.2, 0) is 11.3 Å². The molecule has 126 valence electrons. The average Bonchev–Trinajstić information content (AvgIpc) is 3.06. The van der Waals surface area contributed by atoms with Gasteiger partial charge in [0.25, 0.3) is 11.5 Å². The molecule has 0 spiro atoms. The summed E-state index contributed by atoms with van der Waals surface area (Å²) in [7, 11) is 0. The standard InChI is InChI=1S/C17H20N4O3/c1-11-5-6-21(10-14-4-3-7-24-14)17(23)15(11)16(22)20-13-8-18-12(2)19-9-13/h5-6,8-9,14H,3-4,7,10H2,1-2H3,(H,20,22). The SMILES string of the molecule is Cc1ncc(NC(=O)c2c(C)ccn(CC3CCCO3)c2=O)cn1. The van der Waals surface area contributed by atoms with Gasteiger partial charge in [0.15, 0.2) is 0 Å². The second-order valence-corrected chi connectivity index (χ2v) is 5.94. The van der Waals surface area contributed by atoms with Gasteiger partial charge in [-0.05, 0) is 38.3 Å². The Balaban J connectivity index is 1.84. The second kappa shape index (κ2) is 6.92. The van der Waals surface area contributed by atoms with Gasteiger partial charge < -0.3 is 14.6 Å². The van der Waals surface area contributed by atoms with Crippen molar-refractivity contribution in [2.24, 2.45) is 0 Å². The minimum atomic E-state index is -0.452. The van der Waals surface area contributed by atoms with Crippen molar-refractivity contribution in [1.29, 1.82) is 0 Å². The molecule has 2 aromatic rings. The number of hydrogen-bond donors (Lipinski definition) is 1. The lowest BCUT2D eigenvalue weighted by Gasteiger charge is -2.14. The van der Waals surface area contributed by atoms with E-state index in [0.29, 0.717) is 23.6 Å². The summed E-state index contributed by atoms with van der Waals surface area (Å²) in [5, 5.41) is 2.68. The van der Waals surface area contributed by atoms with Crippen molar-refractivity contribution >= 4 is 11.6 Å². The highest BCUT2D eigenvalue weighted by molar-refractivity contribution is 6.04. The summed E-state index contributed by atoms with van der Waals surface area (Å²) in [4.78, 5) is 33.3. The molecule has 7 heteroatoms. The quantitative estimate of drug-likeness (QED) is 0.923. The maximum Gasteiger partial charge on any atom is 0.263 e. The highest BCUT2D eigenvalue weighted by Gasteiger charge is 2.20. The van der Waals surface area contributed by atoms with Gasteiger partial charge >= 0.3 is 0 Å². The van der Waals surface area contributed by atoms with Crippen molar-refractivity contribution in [3.63, 3.8) is 0 Å². The second-order valence-electron chi connectivity index (χ2n) is 5.94. The number of rotatable bonds is 4. The number of amides is 1. The molecule has 3 heterocycles. The Hall–Kier alpha value is -2.54. The third-order valence-electron chi connectivity index (χ3n) is 4.06. The molecular formula is C17H20N4O3. The first-order valence-corrected chi connectivity index (χ1v) is 7.96. The molecule has 24 heavy (non-hydrogen) atoms. The lowest BCUT2D eigenvalue weighted by atomic mass is 10.1. The maximum atomic E-state index is 12.7. The van der Waals surface area contributed by atoms with Gasteiger partial charge in [-0.1, -0.05) is 0 Å². The van der Waals surface area contributed by atoms with Crippen LogP contribution in [0.15, 0.2) is 29.5 Å². The van der Waals surface area contributed by atoms with Crippen molar-refractivity contribution in [2.45, 2.75) is 39.3 Å². The molecule has 0 saturated carbocycles. The molecular weight excluding hydrogens is 308 g/mol. The van der Waals surface area contributed by atoms with E-state index in [4.69, 9.17) is 4.74 Å². The van der Waals surface area contributed by atoms with Crippen LogP contribution < -0.4 is 10.9 Å². The molecule has 1 unspecified atom stereocenters. The summed E-state index contributed by atoms with van der Waals surface area (Å²) in [6, 6.07) is 1.77. The van der Waals surface area contributed by atoms with E-state index in [2.05, 4.69) is 15.3 Å². The van der Waals surface area contributed by atoms with Crippen molar-refractivity contribution in [1.82, 2.24) is 14.5 Å². The number of anilines is 1. The number of ether oxygens (including phenoxy) is 1. The molecule has 1 aliphatic rings. The minimum absolute atomic E-state index is 0.0341. The molecule has 1 aliphatic heterocycles. The molecule has 3 rings (SSSR count). The highest BCUT2D eigenvalue weighted by Crippen LogP contribution is 2.14. The number of pyridine rings is 1. The number of nitrogens with one attached hydrogen (secondary N) is 1. The molecule has 1 fully saturated rings. The lowest BCUT2D eigenvalue weighted by Crippen LogP contribution is -2.32. The van der Waals surface area contributed by atoms with Crippen LogP contribution in [0.1, 0.15) is 34.6 Å². The van der Waals surface area contributed by atoms with Gasteiger partial charge in [0, 0.05) is 12.8 Å². The van der Waals surface area contributed by atoms with E-state index in [1.807, 2.05) is 0 Å². The van der Waals surface area contributed by atoms with Crippen LogP contribution in [0.2, 0.25) is 0 Å². The zero-order valence-electron chi connectivity index (χ0n) is 13.8. The van der Waals surface area contributed by atoms with Crippen molar-refractivity contribution in [2.75, 3.05) is 11.9 Å². The first-order valence-electron chi connectivity index (χ1n) is 7.96. The van der Waals surface area contributed by atoms with E-state index in [9.17, 15) is 9.59 Å². The van der Waals surface area contributed by atoms with Gasteiger partial charge in [-0.2, -0.15) is 0 Å². The molecule has 0 aromatic carbocycles. The van der Waals surface area contributed by atoms with Crippen LogP contribution in [0.5, 0.6) is 0 Å². The molecule has 0 bridgehead atoms. The van der Waals surface area contributed by atoms with Gasteiger partial charge in [0.05, 0.1) is 30.7 Å². The summed E-state index contributed by atoms with van der Waals surface area (Å²) >= 11 is 0. The number of hydrogen-bond acceptors (Lipinski definition) is 5. The predicted molar refractivity (Wildman–Crippen MR) is 89.1 cm³/mol. The normalized spacial score (nSPS) is 17.0. The molecule has 0 radical (unpaired) electrons. The summed E-state index contributed by atoms with van der Waals surface area (Å²) < 4.78 is 7.12. The monoisotopic (exact) mass is 328 g/mol. The van der Waals surface area contributed by atoms with Crippen LogP contribution in [-0.4, -0.2) is 33.2 Å². The fourth-order valence-electron chi connectivity index (χ4n) is 2.74.